The minimum Gasteiger partial charge on any atom is -0.453 e. The molecule has 2 atom stereocenters. The summed E-state index contributed by atoms with van der Waals surface area (Å²) in [5.74, 6) is -0.942. The highest BCUT2D eigenvalue weighted by atomic mass is 16.6. The number of allylic oxidation sites excluding steroid dienone is 2. The number of benzene rings is 1. The lowest BCUT2D eigenvalue weighted by molar-refractivity contribution is -0.162. The molecule has 0 saturated heterocycles. The monoisotopic (exact) mass is 300 g/mol. The van der Waals surface area contributed by atoms with E-state index in [9.17, 15) is 9.59 Å². The van der Waals surface area contributed by atoms with E-state index in [4.69, 9.17) is 9.47 Å². The zero-order chi connectivity index (χ0) is 16.5. The van der Waals surface area contributed by atoms with Crippen molar-refractivity contribution in [3.05, 3.63) is 72.9 Å². The number of carbonyl (C=O) groups is 2. The maximum Gasteiger partial charge on any atom is 0.303 e. The van der Waals surface area contributed by atoms with E-state index in [-0.39, 0.29) is 0 Å². The van der Waals surface area contributed by atoms with Crippen LogP contribution in [-0.2, 0) is 19.1 Å². The van der Waals surface area contributed by atoms with Crippen LogP contribution in [-0.4, -0.2) is 18.0 Å². The lowest BCUT2D eigenvalue weighted by Crippen LogP contribution is -2.29. The first kappa shape index (κ1) is 17.4. The Hall–Kier alpha value is -2.62. The fourth-order valence-corrected chi connectivity index (χ4v) is 2.02. The molecule has 116 valence electrons. The Labute approximate surface area is 130 Å². The van der Waals surface area contributed by atoms with Crippen molar-refractivity contribution in [2.45, 2.75) is 26.1 Å². The smallest absolute Gasteiger partial charge is 0.303 e. The van der Waals surface area contributed by atoms with E-state index in [1.807, 2.05) is 18.2 Å². The molecular weight excluding hydrogens is 280 g/mol. The van der Waals surface area contributed by atoms with E-state index < -0.39 is 24.1 Å². The minimum absolute atomic E-state index is 0.465. The highest BCUT2D eigenvalue weighted by Gasteiger charge is 2.30. The lowest BCUT2D eigenvalue weighted by atomic mass is 9.97. The number of esters is 2. The average Bonchev–Trinajstić information content (AvgIpc) is 2.49. The fraction of sp³-hybridized carbons (Fsp3) is 0.222. The first-order valence-electron chi connectivity index (χ1n) is 6.84. The molecule has 22 heavy (non-hydrogen) atoms. The van der Waals surface area contributed by atoms with E-state index in [1.165, 1.54) is 13.8 Å². The second kappa shape index (κ2) is 8.62. The van der Waals surface area contributed by atoms with Crippen LogP contribution < -0.4 is 0 Å². The molecule has 0 aliphatic heterocycles. The van der Waals surface area contributed by atoms with Gasteiger partial charge in [-0.3, -0.25) is 9.59 Å². The van der Waals surface area contributed by atoms with Crippen molar-refractivity contribution in [1.29, 1.82) is 0 Å². The molecule has 4 nitrogen and oxygen atoms in total. The molecule has 0 unspecified atom stereocenters. The summed E-state index contributed by atoms with van der Waals surface area (Å²) in [4.78, 5) is 22.9. The van der Waals surface area contributed by atoms with E-state index in [0.29, 0.717) is 5.57 Å². The number of rotatable bonds is 7. The predicted octanol–water partition coefficient (Wildman–Crippen LogP) is 3.52. The molecule has 0 radical (unpaired) electrons. The minimum atomic E-state index is -0.792. The van der Waals surface area contributed by atoms with Crippen LogP contribution in [0.3, 0.4) is 0 Å². The number of ether oxygens (including phenoxy) is 2. The number of hydrogen-bond donors (Lipinski definition) is 0. The molecular formula is C18H20O4. The van der Waals surface area contributed by atoms with Crippen LogP contribution in [0.2, 0.25) is 0 Å². The van der Waals surface area contributed by atoms with Crippen LogP contribution in [0.15, 0.2) is 67.3 Å². The molecule has 0 aliphatic carbocycles. The molecule has 0 heterocycles. The van der Waals surface area contributed by atoms with E-state index in [0.717, 1.165) is 5.56 Å². The molecule has 0 amide bonds. The van der Waals surface area contributed by atoms with Gasteiger partial charge in [0, 0.05) is 13.8 Å². The molecule has 0 saturated carbocycles. The van der Waals surface area contributed by atoms with Gasteiger partial charge in [0.05, 0.1) is 0 Å². The second-order valence-electron chi connectivity index (χ2n) is 4.58. The van der Waals surface area contributed by atoms with Gasteiger partial charge in [0.15, 0.2) is 12.2 Å². The second-order valence-corrected chi connectivity index (χ2v) is 4.58. The van der Waals surface area contributed by atoms with Gasteiger partial charge < -0.3 is 9.47 Å². The van der Waals surface area contributed by atoms with Gasteiger partial charge in [-0.25, -0.2) is 0 Å². The van der Waals surface area contributed by atoms with Gasteiger partial charge in [-0.2, -0.15) is 0 Å². The number of hydrogen-bond acceptors (Lipinski definition) is 4. The largest absolute Gasteiger partial charge is 0.453 e. The zero-order valence-corrected chi connectivity index (χ0v) is 12.8. The van der Waals surface area contributed by atoms with Crippen LogP contribution in [0.4, 0.5) is 0 Å². The molecule has 0 aromatic heterocycles. The Bertz CT molecular complexity index is 572. The molecule has 0 spiro atoms. The molecule has 1 rings (SSSR count). The van der Waals surface area contributed by atoms with Gasteiger partial charge in [0.2, 0.25) is 0 Å². The summed E-state index contributed by atoms with van der Waals surface area (Å²) in [7, 11) is 0. The molecule has 1 aromatic carbocycles. The molecule has 0 fully saturated rings. The zero-order valence-electron chi connectivity index (χ0n) is 12.8. The van der Waals surface area contributed by atoms with Crippen LogP contribution >= 0.6 is 0 Å². The summed E-state index contributed by atoms with van der Waals surface area (Å²) in [6.07, 6.45) is 3.23. The highest BCUT2D eigenvalue weighted by Crippen LogP contribution is 2.29. The van der Waals surface area contributed by atoms with Gasteiger partial charge in [-0.05, 0) is 11.1 Å². The van der Waals surface area contributed by atoms with Crippen molar-refractivity contribution in [3.63, 3.8) is 0 Å². The van der Waals surface area contributed by atoms with E-state index in [1.54, 1.807) is 30.4 Å². The van der Waals surface area contributed by atoms with Crippen molar-refractivity contribution in [2.24, 2.45) is 0 Å². The Kier molecular flexibility index (Phi) is 6.83. The van der Waals surface area contributed by atoms with Crippen molar-refractivity contribution in [2.75, 3.05) is 0 Å². The molecule has 1 aromatic rings. The highest BCUT2D eigenvalue weighted by molar-refractivity contribution is 5.68. The van der Waals surface area contributed by atoms with Gasteiger partial charge >= 0.3 is 11.9 Å². The van der Waals surface area contributed by atoms with E-state index in [2.05, 4.69) is 13.2 Å². The van der Waals surface area contributed by atoms with Crippen LogP contribution in [0.25, 0.3) is 0 Å². The Morgan fingerprint density at radius 2 is 1.64 bits per heavy atom. The standard InChI is InChI=1S/C18H20O4/c1-5-10-15(6-2)17(21-13(3)19)18(22-14(4)20)16-11-8-7-9-12-16/h5-12,17-18H,1-2H2,3-4H3/b15-10+/t17-,18-/m0/s1. The number of carbonyl (C=O) groups excluding carboxylic acids is 2. The maximum atomic E-state index is 11.5. The third-order valence-corrected chi connectivity index (χ3v) is 2.86. The maximum absolute atomic E-state index is 11.5. The third kappa shape index (κ3) is 5.05. The SMILES string of the molecule is C=C/C=C(\C=C)[C@H](OC(C)=O)[C@@H](OC(C)=O)c1ccccc1. The van der Waals surface area contributed by atoms with E-state index >= 15 is 0 Å². The summed E-state index contributed by atoms with van der Waals surface area (Å²) in [5.41, 5.74) is 1.32. The average molecular weight is 300 g/mol. The van der Waals surface area contributed by atoms with Gasteiger partial charge in [0.1, 0.15) is 0 Å². The van der Waals surface area contributed by atoms with Gasteiger partial charge in [-0.1, -0.05) is 61.7 Å². The molecule has 0 aliphatic rings. The summed E-state index contributed by atoms with van der Waals surface area (Å²) in [5, 5.41) is 0. The molecule has 0 bridgehead atoms. The Balaban J connectivity index is 3.31. The van der Waals surface area contributed by atoms with Gasteiger partial charge in [0.25, 0.3) is 0 Å². The first-order chi connectivity index (χ1) is 10.5. The molecule has 4 heteroatoms. The van der Waals surface area contributed by atoms with Crippen molar-refractivity contribution in [3.8, 4) is 0 Å². The Morgan fingerprint density at radius 1 is 1.05 bits per heavy atom. The van der Waals surface area contributed by atoms with Crippen LogP contribution in [0, 0.1) is 0 Å². The van der Waals surface area contributed by atoms with Crippen molar-refractivity contribution < 1.29 is 19.1 Å². The normalized spacial score (nSPS) is 13.6. The Morgan fingerprint density at radius 3 is 2.09 bits per heavy atom. The first-order valence-corrected chi connectivity index (χ1v) is 6.84. The summed E-state index contributed by atoms with van der Waals surface area (Å²) < 4.78 is 10.8. The lowest BCUT2D eigenvalue weighted by Gasteiger charge is -2.27. The van der Waals surface area contributed by atoms with Gasteiger partial charge in [-0.15, -0.1) is 0 Å². The summed E-state index contributed by atoms with van der Waals surface area (Å²) in [6, 6.07) is 9.10. The topological polar surface area (TPSA) is 52.6 Å². The quantitative estimate of drug-likeness (QED) is 0.571. The van der Waals surface area contributed by atoms with Crippen LogP contribution in [0.5, 0.6) is 0 Å². The fourth-order valence-electron chi connectivity index (χ4n) is 2.02. The summed E-state index contributed by atoms with van der Waals surface area (Å²) >= 11 is 0. The molecule has 0 N–H and O–H groups in total. The third-order valence-electron chi connectivity index (χ3n) is 2.86. The van der Waals surface area contributed by atoms with Crippen LogP contribution in [0.1, 0.15) is 25.5 Å². The van der Waals surface area contributed by atoms with Crippen molar-refractivity contribution >= 4 is 11.9 Å². The van der Waals surface area contributed by atoms with Crippen molar-refractivity contribution in [1.82, 2.24) is 0 Å². The predicted molar refractivity (Wildman–Crippen MR) is 85.0 cm³/mol. The summed E-state index contributed by atoms with van der Waals surface area (Å²) in [6.45, 7) is 9.96.